The molecule has 1 aromatic rings. The van der Waals surface area contributed by atoms with Crippen LogP contribution in [0.25, 0.3) is 5.70 Å². The highest BCUT2D eigenvalue weighted by molar-refractivity contribution is 5.69. The van der Waals surface area contributed by atoms with Gasteiger partial charge < -0.3 is 20.1 Å². The third-order valence-electron chi connectivity index (χ3n) is 2.98. The van der Waals surface area contributed by atoms with Crippen LogP contribution in [0, 0.1) is 0 Å². The molecule has 2 N–H and O–H groups in total. The summed E-state index contributed by atoms with van der Waals surface area (Å²) in [5.74, 6) is 0.752. The van der Waals surface area contributed by atoms with E-state index >= 15 is 0 Å². The molecule has 0 spiro atoms. The van der Waals surface area contributed by atoms with Gasteiger partial charge in [0.1, 0.15) is 11.8 Å². The number of aryl methyl sites for hydroxylation is 1. The second-order valence-corrected chi connectivity index (χ2v) is 4.62. The average molecular weight is 282 g/mol. The van der Waals surface area contributed by atoms with Gasteiger partial charge in [-0.3, -0.25) is 0 Å². The zero-order valence-corrected chi connectivity index (χ0v) is 13.3. The van der Waals surface area contributed by atoms with Crippen LogP contribution in [0.15, 0.2) is 6.08 Å². The second kappa shape index (κ2) is 7.91. The lowest BCUT2D eigenvalue weighted by atomic mass is 10.1. The fourth-order valence-electron chi connectivity index (χ4n) is 2.14. The molecule has 1 aromatic heterocycles. The molecule has 1 heterocycles. The van der Waals surface area contributed by atoms with E-state index < -0.39 is 0 Å². The molecule has 0 fully saturated rings. The number of aromatic nitrogens is 2. The molecule has 1 atom stereocenters. The van der Waals surface area contributed by atoms with Gasteiger partial charge >= 0.3 is 0 Å². The molecule has 0 radical (unpaired) electrons. The summed E-state index contributed by atoms with van der Waals surface area (Å²) in [5, 5.41) is 10.8. The van der Waals surface area contributed by atoms with Crippen LogP contribution in [0.2, 0.25) is 0 Å². The number of allylic oxidation sites excluding steroid dienone is 1. The lowest BCUT2D eigenvalue weighted by Crippen LogP contribution is -2.27. The number of hydrogen-bond donors (Lipinski definition) is 2. The first kappa shape index (κ1) is 16.5. The van der Waals surface area contributed by atoms with Crippen molar-refractivity contribution in [3.8, 4) is 5.88 Å². The summed E-state index contributed by atoms with van der Waals surface area (Å²) >= 11 is 0. The van der Waals surface area contributed by atoms with Crippen LogP contribution in [0.5, 0.6) is 5.88 Å². The second-order valence-electron chi connectivity index (χ2n) is 4.62. The maximum atomic E-state index is 6.03. The van der Waals surface area contributed by atoms with E-state index in [1.165, 1.54) is 0 Å². The van der Waals surface area contributed by atoms with Crippen molar-refractivity contribution in [2.45, 2.75) is 26.6 Å². The normalized spacial score (nSPS) is 13.4. The van der Waals surface area contributed by atoms with Gasteiger partial charge in [-0.15, -0.1) is 0 Å². The van der Waals surface area contributed by atoms with Gasteiger partial charge in [0.25, 0.3) is 0 Å². The van der Waals surface area contributed by atoms with E-state index in [0.717, 1.165) is 29.4 Å². The summed E-state index contributed by atoms with van der Waals surface area (Å²) in [6, 6.07) is 0. The van der Waals surface area contributed by atoms with Crippen molar-refractivity contribution in [3.05, 3.63) is 17.3 Å². The van der Waals surface area contributed by atoms with Crippen molar-refractivity contribution in [3.63, 3.8) is 0 Å². The summed E-state index contributed by atoms with van der Waals surface area (Å²) < 4.78 is 13.0. The monoisotopic (exact) mass is 282 g/mol. The first-order chi connectivity index (χ1) is 9.58. The molecule has 0 saturated carbocycles. The predicted octanol–water partition coefficient (Wildman–Crippen LogP) is 1.13. The summed E-state index contributed by atoms with van der Waals surface area (Å²) in [4.78, 5) is 0. The number of nitrogens with zero attached hydrogens (tertiary/aromatic N) is 2. The minimum atomic E-state index is 0.0551. The van der Waals surface area contributed by atoms with E-state index in [9.17, 15) is 0 Å². The Balaban J connectivity index is 3.20. The van der Waals surface area contributed by atoms with Crippen LogP contribution in [0.4, 0.5) is 0 Å². The predicted molar refractivity (Wildman–Crippen MR) is 80.6 cm³/mol. The van der Waals surface area contributed by atoms with E-state index in [4.69, 9.17) is 9.47 Å². The summed E-state index contributed by atoms with van der Waals surface area (Å²) in [7, 11) is 7.34. The summed E-state index contributed by atoms with van der Waals surface area (Å²) in [6.45, 7) is 5.23. The molecule has 1 rings (SSSR count). The lowest BCUT2D eigenvalue weighted by Gasteiger charge is -2.17. The molecule has 20 heavy (non-hydrogen) atoms. The third-order valence-corrected chi connectivity index (χ3v) is 2.98. The van der Waals surface area contributed by atoms with Gasteiger partial charge in [0.15, 0.2) is 0 Å². The Bertz CT molecular complexity index is 454. The maximum absolute atomic E-state index is 6.03. The molecule has 114 valence electrons. The van der Waals surface area contributed by atoms with Crippen molar-refractivity contribution < 1.29 is 9.47 Å². The first-order valence-corrected chi connectivity index (χ1v) is 6.79. The highest BCUT2D eigenvalue weighted by Gasteiger charge is 2.21. The number of likely N-dealkylation sites (N-methyl/N-ethyl adjacent to an activating group) is 1. The molecule has 6 heteroatoms. The van der Waals surface area contributed by atoms with E-state index in [1.807, 2.05) is 41.1 Å². The molecule has 0 unspecified atom stereocenters. The van der Waals surface area contributed by atoms with E-state index in [0.29, 0.717) is 6.61 Å². The Hall–Kier alpha value is -1.53. The molecule has 0 aliphatic rings. The number of rotatable bonds is 8. The molecule has 6 nitrogen and oxygen atoms in total. The molecule has 0 amide bonds. The standard InChI is InChI=1S/C14H26N4O2/c1-7-11(16-4)13-12(9-19-6)17-18(5)14(13)20-10(2)8-15-3/h7,10,15-16H,8-9H2,1-6H3/b11-7-/t10-/m0/s1. The quantitative estimate of drug-likeness (QED) is 0.748. The van der Waals surface area contributed by atoms with E-state index in [-0.39, 0.29) is 6.10 Å². The van der Waals surface area contributed by atoms with Crippen LogP contribution in [-0.2, 0) is 18.4 Å². The number of ether oxygens (including phenoxy) is 2. The fraction of sp³-hybridized carbons (Fsp3) is 0.643. The molecule has 0 bridgehead atoms. The number of methoxy groups -OCH3 is 1. The van der Waals surface area contributed by atoms with Crippen LogP contribution in [0.1, 0.15) is 25.1 Å². The smallest absolute Gasteiger partial charge is 0.221 e. The van der Waals surface area contributed by atoms with Crippen molar-refractivity contribution in [2.75, 3.05) is 27.7 Å². The molecule has 0 aromatic carbocycles. The van der Waals surface area contributed by atoms with Gasteiger partial charge in [0.05, 0.1) is 12.2 Å². The first-order valence-electron chi connectivity index (χ1n) is 6.79. The Morgan fingerprint density at radius 3 is 2.65 bits per heavy atom. The molecule has 0 aliphatic carbocycles. The van der Waals surface area contributed by atoms with Crippen molar-refractivity contribution in [1.29, 1.82) is 0 Å². The van der Waals surface area contributed by atoms with Crippen LogP contribution >= 0.6 is 0 Å². The van der Waals surface area contributed by atoms with Crippen LogP contribution in [0.3, 0.4) is 0 Å². The zero-order valence-electron chi connectivity index (χ0n) is 13.3. The third kappa shape index (κ3) is 3.74. The Kier molecular flexibility index (Phi) is 6.54. The molecule has 0 saturated heterocycles. The Labute approximate surface area is 121 Å². The summed E-state index contributed by atoms with van der Waals surface area (Å²) in [6.07, 6.45) is 2.06. The Morgan fingerprint density at radius 1 is 1.45 bits per heavy atom. The van der Waals surface area contributed by atoms with Crippen molar-refractivity contribution in [1.82, 2.24) is 20.4 Å². The van der Waals surface area contributed by atoms with Crippen LogP contribution in [-0.4, -0.2) is 43.6 Å². The van der Waals surface area contributed by atoms with Crippen molar-refractivity contribution >= 4 is 5.70 Å². The van der Waals surface area contributed by atoms with Gasteiger partial charge in [-0.25, -0.2) is 4.68 Å². The highest BCUT2D eigenvalue weighted by atomic mass is 16.5. The van der Waals surface area contributed by atoms with Gasteiger partial charge in [0.2, 0.25) is 5.88 Å². The maximum Gasteiger partial charge on any atom is 0.221 e. The SMILES string of the molecule is C/C=C(\NC)c1c(COC)nn(C)c1O[C@@H](C)CNC. The van der Waals surface area contributed by atoms with Gasteiger partial charge in [-0.1, -0.05) is 6.08 Å². The highest BCUT2D eigenvalue weighted by Crippen LogP contribution is 2.29. The van der Waals surface area contributed by atoms with Gasteiger partial charge in [0, 0.05) is 33.4 Å². The van der Waals surface area contributed by atoms with E-state index in [2.05, 4.69) is 15.7 Å². The van der Waals surface area contributed by atoms with Crippen molar-refractivity contribution in [2.24, 2.45) is 7.05 Å². The molecular weight excluding hydrogens is 256 g/mol. The minimum absolute atomic E-state index is 0.0551. The van der Waals surface area contributed by atoms with Crippen LogP contribution < -0.4 is 15.4 Å². The minimum Gasteiger partial charge on any atom is -0.473 e. The summed E-state index contributed by atoms with van der Waals surface area (Å²) in [5.41, 5.74) is 2.81. The Morgan fingerprint density at radius 2 is 2.15 bits per heavy atom. The average Bonchev–Trinajstić information content (AvgIpc) is 2.70. The number of hydrogen-bond acceptors (Lipinski definition) is 5. The lowest BCUT2D eigenvalue weighted by molar-refractivity contribution is 0.180. The van der Waals surface area contributed by atoms with E-state index in [1.54, 1.807) is 11.8 Å². The molecule has 0 aliphatic heterocycles. The topological polar surface area (TPSA) is 60.3 Å². The van der Waals surface area contributed by atoms with Gasteiger partial charge in [-0.05, 0) is 20.9 Å². The number of nitrogens with one attached hydrogen (secondary N) is 2. The zero-order chi connectivity index (χ0) is 15.1. The fourth-order valence-corrected chi connectivity index (χ4v) is 2.14. The van der Waals surface area contributed by atoms with Gasteiger partial charge in [-0.2, -0.15) is 5.10 Å². The largest absolute Gasteiger partial charge is 0.473 e. The molecular formula is C14H26N4O2.